The molecule has 0 radical (unpaired) electrons. The SMILES string of the molecule is C[Si](C)(C)CCOCOc1ccc(Br)cc1F. The Hall–Kier alpha value is -0.393. The molecule has 0 saturated carbocycles. The second-order valence-electron chi connectivity index (χ2n) is 5.06. The van der Waals surface area contributed by atoms with Gasteiger partial charge in [-0.05, 0) is 24.2 Å². The first kappa shape index (κ1) is 14.7. The van der Waals surface area contributed by atoms with Gasteiger partial charge in [-0.3, -0.25) is 0 Å². The molecule has 0 atom stereocenters. The zero-order valence-electron chi connectivity index (χ0n) is 10.4. The number of halogens is 2. The van der Waals surface area contributed by atoms with Crippen molar-refractivity contribution in [2.45, 2.75) is 25.7 Å². The molecule has 0 fully saturated rings. The van der Waals surface area contributed by atoms with Gasteiger partial charge in [-0.25, -0.2) is 4.39 Å². The Balaban J connectivity index is 2.27. The highest BCUT2D eigenvalue weighted by atomic mass is 79.9. The minimum Gasteiger partial charge on any atom is -0.464 e. The fourth-order valence-corrected chi connectivity index (χ4v) is 2.22. The standard InChI is InChI=1S/C12H18BrFO2Si/c1-17(2,3)7-6-15-9-16-12-5-4-10(13)8-11(12)14/h4-5,8H,6-7,9H2,1-3H3. The Kier molecular flexibility index (Phi) is 5.62. The van der Waals surface area contributed by atoms with Crippen molar-refractivity contribution in [1.82, 2.24) is 0 Å². The molecule has 0 heterocycles. The number of ether oxygens (including phenoxy) is 2. The molecule has 1 rings (SSSR count). The van der Waals surface area contributed by atoms with E-state index in [1.165, 1.54) is 6.07 Å². The number of hydrogen-bond donors (Lipinski definition) is 0. The van der Waals surface area contributed by atoms with Crippen molar-refractivity contribution in [3.63, 3.8) is 0 Å². The van der Waals surface area contributed by atoms with Gasteiger partial charge in [0, 0.05) is 19.2 Å². The predicted octanol–water partition coefficient (Wildman–Crippen LogP) is 4.28. The molecule has 96 valence electrons. The van der Waals surface area contributed by atoms with Crippen LogP contribution in [0.15, 0.2) is 22.7 Å². The van der Waals surface area contributed by atoms with Gasteiger partial charge >= 0.3 is 0 Å². The van der Waals surface area contributed by atoms with E-state index >= 15 is 0 Å². The predicted molar refractivity (Wildman–Crippen MR) is 73.7 cm³/mol. The van der Waals surface area contributed by atoms with Crippen LogP contribution in [-0.2, 0) is 4.74 Å². The van der Waals surface area contributed by atoms with Gasteiger partial charge < -0.3 is 9.47 Å². The highest BCUT2D eigenvalue weighted by Gasteiger charge is 2.12. The molecule has 0 bridgehead atoms. The topological polar surface area (TPSA) is 18.5 Å². The summed E-state index contributed by atoms with van der Waals surface area (Å²) in [6.45, 7) is 7.62. The lowest BCUT2D eigenvalue weighted by Gasteiger charge is -2.15. The minimum absolute atomic E-state index is 0.100. The second kappa shape index (κ2) is 6.52. The Morgan fingerprint density at radius 3 is 2.59 bits per heavy atom. The second-order valence-corrected chi connectivity index (χ2v) is 11.6. The van der Waals surface area contributed by atoms with Crippen LogP contribution < -0.4 is 4.74 Å². The Labute approximate surface area is 111 Å². The minimum atomic E-state index is -1.07. The summed E-state index contributed by atoms with van der Waals surface area (Å²) in [6, 6.07) is 5.78. The molecule has 0 aliphatic heterocycles. The average Bonchev–Trinajstić information content (AvgIpc) is 2.18. The monoisotopic (exact) mass is 320 g/mol. The summed E-state index contributed by atoms with van der Waals surface area (Å²) >= 11 is 3.19. The van der Waals surface area contributed by atoms with Crippen LogP contribution in [0, 0.1) is 5.82 Å². The molecule has 2 nitrogen and oxygen atoms in total. The van der Waals surface area contributed by atoms with Crippen molar-refractivity contribution in [3.8, 4) is 5.75 Å². The fraction of sp³-hybridized carbons (Fsp3) is 0.500. The first-order valence-electron chi connectivity index (χ1n) is 5.54. The van der Waals surface area contributed by atoms with Crippen LogP contribution in [0.4, 0.5) is 4.39 Å². The molecule has 0 aliphatic carbocycles. The van der Waals surface area contributed by atoms with Gasteiger partial charge in [0.25, 0.3) is 0 Å². The van der Waals surface area contributed by atoms with Crippen molar-refractivity contribution in [2.75, 3.05) is 13.4 Å². The summed E-state index contributed by atoms with van der Waals surface area (Å²) in [4.78, 5) is 0. The molecule has 5 heteroatoms. The van der Waals surface area contributed by atoms with Crippen LogP contribution >= 0.6 is 15.9 Å². The maximum absolute atomic E-state index is 13.3. The van der Waals surface area contributed by atoms with E-state index in [1.54, 1.807) is 12.1 Å². The molecule has 0 unspecified atom stereocenters. The van der Waals surface area contributed by atoms with Crippen molar-refractivity contribution in [1.29, 1.82) is 0 Å². The van der Waals surface area contributed by atoms with E-state index < -0.39 is 8.07 Å². The third-order valence-corrected chi connectivity index (χ3v) is 4.39. The van der Waals surface area contributed by atoms with Gasteiger partial charge in [-0.2, -0.15) is 0 Å². The normalized spacial score (nSPS) is 11.6. The lowest BCUT2D eigenvalue weighted by Crippen LogP contribution is -2.22. The summed E-state index contributed by atoms with van der Waals surface area (Å²) in [5.41, 5.74) is 0. The smallest absolute Gasteiger partial charge is 0.189 e. The first-order chi connectivity index (χ1) is 7.88. The summed E-state index contributed by atoms with van der Waals surface area (Å²) in [7, 11) is -1.07. The average molecular weight is 321 g/mol. The summed E-state index contributed by atoms with van der Waals surface area (Å²) in [5, 5.41) is 0. The van der Waals surface area contributed by atoms with Gasteiger partial charge in [-0.1, -0.05) is 35.6 Å². The highest BCUT2D eigenvalue weighted by Crippen LogP contribution is 2.21. The van der Waals surface area contributed by atoms with Crippen molar-refractivity contribution < 1.29 is 13.9 Å². The molecular formula is C12H18BrFO2Si. The molecule has 0 aliphatic rings. The van der Waals surface area contributed by atoms with Gasteiger partial charge in [0.1, 0.15) is 0 Å². The van der Waals surface area contributed by atoms with Crippen LogP contribution in [0.2, 0.25) is 25.7 Å². The quantitative estimate of drug-likeness (QED) is 0.442. The van der Waals surface area contributed by atoms with E-state index in [-0.39, 0.29) is 18.4 Å². The summed E-state index contributed by atoms with van der Waals surface area (Å²) in [6.07, 6.45) is 0. The maximum atomic E-state index is 13.3. The summed E-state index contributed by atoms with van der Waals surface area (Å²) < 4.78 is 24.6. The fourth-order valence-electron chi connectivity index (χ4n) is 1.13. The van der Waals surface area contributed by atoms with Gasteiger partial charge in [0.05, 0.1) is 0 Å². The van der Waals surface area contributed by atoms with E-state index in [2.05, 4.69) is 35.6 Å². The molecule has 0 spiro atoms. The van der Waals surface area contributed by atoms with E-state index in [0.717, 1.165) is 6.04 Å². The number of benzene rings is 1. The zero-order valence-corrected chi connectivity index (χ0v) is 13.0. The lowest BCUT2D eigenvalue weighted by atomic mass is 10.3. The first-order valence-corrected chi connectivity index (χ1v) is 10.0. The van der Waals surface area contributed by atoms with Gasteiger partial charge in [-0.15, -0.1) is 0 Å². The molecule has 0 amide bonds. The van der Waals surface area contributed by atoms with Crippen LogP contribution in [0.5, 0.6) is 5.75 Å². The van der Waals surface area contributed by atoms with Crippen LogP contribution in [0.1, 0.15) is 0 Å². The molecular weight excluding hydrogens is 303 g/mol. The van der Waals surface area contributed by atoms with E-state index in [1.807, 2.05) is 0 Å². The number of rotatable bonds is 6. The van der Waals surface area contributed by atoms with Crippen molar-refractivity contribution in [3.05, 3.63) is 28.5 Å². The third-order valence-electron chi connectivity index (χ3n) is 2.19. The van der Waals surface area contributed by atoms with Gasteiger partial charge in [0.15, 0.2) is 18.4 Å². The van der Waals surface area contributed by atoms with Crippen LogP contribution in [0.3, 0.4) is 0 Å². The molecule has 1 aromatic carbocycles. The highest BCUT2D eigenvalue weighted by molar-refractivity contribution is 9.10. The van der Waals surface area contributed by atoms with E-state index in [0.29, 0.717) is 11.1 Å². The largest absolute Gasteiger partial charge is 0.464 e. The molecule has 0 saturated heterocycles. The Morgan fingerprint density at radius 1 is 1.29 bits per heavy atom. The maximum Gasteiger partial charge on any atom is 0.189 e. The van der Waals surface area contributed by atoms with Crippen LogP contribution in [0.25, 0.3) is 0 Å². The molecule has 0 N–H and O–H groups in total. The van der Waals surface area contributed by atoms with E-state index in [9.17, 15) is 4.39 Å². The molecule has 0 aromatic heterocycles. The van der Waals surface area contributed by atoms with Crippen LogP contribution in [-0.4, -0.2) is 21.5 Å². The third kappa shape index (κ3) is 6.19. The molecule has 1 aromatic rings. The Bertz CT molecular complexity index is 366. The lowest BCUT2D eigenvalue weighted by molar-refractivity contribution is 0.0197. The Morgan fingerprint density at radius 2 is 2.00 bits per heavy atom. The van der Waals surface area contributed by atoms with E-state index in [4.69, 9.17) is 9.47 Å². The van der Waals surface area contributed by atoms with Crippen molar-refractivity contribution >= 4 is 24.0 Å². The zero-order chi connectivity index (χ0) is 12.9. The summed E-state index contributed by atoms with van der Waals surface area (Å²) in [5.74, 6) is -0.158. The molecule has 17 heavy (non-hydrogen) atoms. The van der Waals surface area contributed by atoms with Gasteiger partial charge in [0.2, 0.25) is 0 Å². The van der Waals surface area contributed by atoms with Crippen molar-refractivity contribution in [2.24, 2.45) is 0 Å². The number of hydrogen-bond acceptors (Lipinski definition) is 2.